The van der Waals surface area contributed by atoms with Gasteiger partial charge in [-0.1, -0.05) is 63.2 Å². The van der Waals surface area contributed by atoms with Crippen LogP contribution in [0.5, 0.6) is 0 Å². The maximum absolute atomic E-state index is 13.9. The molecule has 2 saturated carbocycles. The van der Waals surface area contributed by atoms with Crippen molar-refractivity contribution >= 4 is 29.7 Å². The number of benzene rings is 2. The Morgan fingerprint density at radius 2 is 1.52 bits per heavy atom. The van der Waals surface area contributed by atoms with Crippen LogP contribution in [0.25, 0.3) is 0 Å². The first kappa shape index (κ1) is 29.3. The average Bonchev–Trinajstić information content (AvgIpc) is 3.75. The summed E-state index contributed by atoms with van der Waals surface area (Å²) < 4.78 is 29.5. The highest BCUT2D eigenvalue weighted by molar-refractivity contribution is 6.09. The van der Waals surface area contributed by atoms with Crippen LogP contribution in [0.1, 0.15) is 60.4 Å². The Balaban J connectivity index is 1.23. The summed E-state index contributed by atoms with van der Waals surface area (Å²) in [6.07, 6.45) is -7.54. The monoisotopic (exact) mass is 632 g/mol. The highest BCUT2D eigenvalue weighted by Crippen LogP contribution is 2.84. The van der Waals surface area contributed by atoms with Gasteiger partial charge in [0.25, 0.3) is 0 Å². The molecule has 8 rings (SSSR count). The molecule has 2 spiro atoms. The zero-order valence-corrected chi connectivity index (χ0v) is 25.4. The normalized spacial score (nSPS) is 42.9. The summed E-state index contributed by atoms with van der Waals surface area (Å²) in [4.78, 5) is 67.1. The molecule has 240 valence electrons. The molecule has 4 heterocycles. The highest BCUT2D eigenvalue weighted by atomic mass is 16.8. The maximum atomic E-state index is 13.9. The van der Waals surface area contributed by atoms with Crippen molar-refractivity contribution in [2.45, 2.75) is 76.0 Å². The van der Waals surface area contributed by atoms with Gasteiger partial charge in [0.15, 0.2) is 17.5 Å². The number of ether oxygens (including phenoxy) is 5. The molecule has 6 aliphatic rings. The summed E-state index contributed by atoms with van der Waals surface area (Å²) in [6.45, 7) is 7.06. The van der Waals surface area contributed by atoms with E-state index in [4.69, 9.17) is 23.7 Å². The fourth-order valence-corrected chi connectivity index (χ4v) is 9.93. The maximum Gasteiger partial charge on any atom is 0.350 e. The van der Waals surface area contributed by atoms with E-state index in [-0.39, 0.29) is 17.8 Å². The van der Waals surface area contributed by atoms with Gasteiger partial charge >= 0.3 is 23.9 Å². The van der Waals surface area contributed by atoms with E-state index in [2.05, 4.69) is 0 Å². The summed E-state index contributed by atoms with van der Waals surface area (Å²) in [7, 11) is 0. The van der Waals surface area contributed by atoms with Gasteiger partial charge in [-0.25, -0.2) is 14.4 Å². The minimum absolute atomic E-state index is 0.0329. The van der Waals surface area contributed by atoms with E-state index in [1.807, 2.05) is 20.8 Å². The molecule has 12 nitrogen and oxygen atoms in total. The third-order valence-corrected chi connectivity index (χ3v) is 11.6. The van der Waals surface area contributed by atoms with E-state index in [0.29, 0.717) is 11.1 Å². The SMILES string of the molecule is C[C@@H]1C(=O)O[C@H]2[C@H](O)[C@]34[C@H]5C[C@@H](C(C)(C)C)[C@@]36[C@@H](OC(=O)[C@H]6OC(=O)c3ccc(C(=O)c6ccccc6)cc3)O[C@@]4(C(=O)O5)[C@@]12O. The van der Waals surface area contributed by atoms with E-state index >= 15 is 0 Å². The van der Waals surface area contributed by atoms with Gasteiger partial charge in [-0.3, -0.25) is 9.59 Å². The zero-order valence-electron chi connectivity index (χ0n) is 25.4. The number of carbonyl (C=O) groups excluding carboxylic acids is 5. The average molecular weight is 633 g/mol. The fourth-order valence-electron chi connectivity index (χ4n) is 9.93. The number of fused-ring (bicyclic) bond motifs is 1. The Morgan fingerprint density at radius 3 is 2.17 bits per heavy atom. The van der Waals surface area contributed by atoms with Gasteiger partial charge in [0.05, 0.1) is 22.3 Å². The van der Waals surface area contributed by atoms with Crippen molar-refractivity contribution in [1.82, 2.24) is 0 Å². The van der Waals surface area contributed by atoms with Crippen LogP contribution in [0.2, 0.25) is 0 Å². The number of ketones is 1. The van der Waals surface area contributed by atoms with Crippen molar-refractivity contribution in [2.24, 2.45) is 28.1 Å². The molecule has 0 unspecified atom stereocenters. The summed E-state index contributed by atoms with van der Waals surface area (Å²) in [5.41, 5.74) is -8.19. The summed E-state index contributed by atoms with van der Waals surface area (Å²) >= 11 is 0. The van der Waals surface area contributed by atoms with Gasteiger partial charge in [0.1, 0.15) is 12.2 Å². The molecule has 4 saturated heterocycles. The third-order valence-electron chi connectivity index (χ3n) is 11.6. The molecule has 12 heteroatoms. The number of hydrogen-bond donors (Lipinski definition) is 2. The first-order valence-corrected chi connectivity index (χ1v) is 15.3. The highest BCUT2D eigenvalue weighted by Gasteiger charge is 3.04. The van der Waals surface area contributed by atoms with Crippen LogP contribution in [-0.2, 0) is 38.1 Å². The minimum Gasteiger partial charge on any atom is -0.459 e. The molecule has 0 radical (unpaired) electrons. The quantitative estimate of drug-likeness (QED) is 0.285. The molecule has 0 amide bonds. The Hall–Kier alpha value is -4.13. The zero-order chi connectivity index (χ0) is 32.8. The summed E-state index contributed by atoms with van der Waals surface area (Å²) in [5.74, 6) is -5.89. The Kier molecular flexibility index (Phi) is 5.61. The van der Waals surface area contributed by atoms with Gasteiger partial charge in [0, 0.05) is 11.1 Å². The van der Waals surface area contributed by atoms with Gasteiger partial charge in [-0.05, 0) is 36.8 Å². The molecule has 11 atom stereocenters. The topological polar surface area (TPSA) is 172 Å². The predicted molar refractivity (Wildman–Crippen MR) is 152 cm³/mol. The van der Waals surface area contributed by atoms with Gasteiger partial charge in [0.2, 0.25) is 18.0 Å². The van der Waals surface area contributed by atoms with Crippen LogP contribution in [0.4, 0.5) is 0 Å². The number of carbonyl (C=O) groups is 5. The predicted octanol–water partition coefficient (Wildman–Crippen LogP) is 1.73. The van der Waals surface area contributed by atoms with Crippen molar-refractivity contribution in [1.29, 1.82) is 0 Å². The smallest absolute Gasteiger partial charge is 0.350 e. The van der Waals surface area contributed by atoms with Crippen LogP contribution >= 0.6 is 0 Å². The van der Waals surface area contributed by atoms with Crippen LogP contribution in [0.3, 0.4) is 0 Å². The van der Waals surface area contributed by atoms with Crippen molar-refractivity contribution < 1.29 is 57.9 Å². The molecule has 2 aromatic rings. The Bertz CT molecular complexity index is 1730. The molecule has 0 bridgehead atoms. The number of aliphatic hydroxyl groups excluding tert-OH is 1. The molecule has 4 aliphatic heterocycles. The van der Waals surface area contributed by atoms with Crippen LogP contribution < -0.4 is 0 Å². The molecule has 46 heavy (non-hydrogen) atoms. The molecular formula is C34H32O12. The molecule has 2 aromatic carbocycles. The summed E-state index contributed by atoms with van der Waals surface area (Å²) in [6, 6.07) is 14.4. The molecule has 0 aromatic heterocycles. The van der Waals surface area contributed by atoms with Crippen LogP contribution in [0, 0.1) is 28.1 Å². The second kappa shape index (κ2) is 8.81. The Labute approximate surface area is 262 Å². The molecule has 2 N–H and O–H groups in total. The third kappa shape index (κ3) is 2.91. The van der Waals surface area contributed by atoms with Crippen molar-refractivity contribution in [3.63, 3.8) is 0 Å². The van der Waals surface area contributed by atoms with Gasteiger partial charge in [-0.2, -0.15) is 0 Å². The number of hydrogen-bond acceptors (Lipinski definition) is 12. The molecular weight excluding hydrogens is 600 g/mol. The van der Waals surface area contributed by atoms with Crippen LogP contribution in [-0.4, -0.2) is 81.8 Å². The Morgan fingerprint density at radius 1 is 0.891 bits per heavy atom. The van der Waals surface area contributed by atoms with Crippen molar-refractivity contribution in [3.8, 4) is 0 Å². The standard InChI is InChI=1S/C34H32O12/c1-15-25(37)43-23-22(36)32-20-14-19(30(2,3)4)31(32)24(27(39)45-29(31)46-34(32,28(40)42-20)33(15,23)41)44-26(38)18-12-10-17(11-13-18)21(35)16-8-6-5-7-9-16/h5-13,15,19-20,22-24,29,36,41H,14H2,1-4H3/t15-,19+,20-,22+,23+,24-,29+,31-,32-,33-,34-/m1/s1. The summed E-state index contributed by atoms with van der Waals surface area (Å²) in [5, 5.41) is 24.5. The second-order valence-corrected chi connectivity index (χ2v) is 14.3. The van der Waals surface area contributed by atoms with E-state index in [1.165, 1.54) is 31.2 Å². The van der Waals surface area contributed by atoms with Crippen molar-refractivity contribution in [3.05, 3.63) is 71.3 Å². The van der Waals surface area contributed by atoms with E-state index < -0.39 is 93.9 Å². The number of aliphatic hydroxyl groups is 2. The minimum atomic E-state index is -2.37. The lowest BCUT2D eigenvalue weighted by molar-refractivity contribution is -0.239. The fraction of sp³-hybridized carbons (Fsp3) is 0.500. The van der Waals surface area contributed by atoms with Gasteiger partial charge < -0.3 is 33.9 Å². The lowest BCUT2D eigenvalue weighted by Gasteiger charge is -2.48. The lowest BCUT2D eigenvalue weighted by Crippen LogP contribution is -2.67. The van der Waals surface area contributed by atoms with E-state index in [1.54, 1.807) is 30.3 Å². The van der Waals surface area contributed by atoms with E-state index in [0.717, 1.165) is 0 Å². The largest absolute Gasteiger partial charge is 0.459 e. The molecule has 6 fully saturated rings. The van der Waals surface area contributed by atoms with E-state index in [9.17, 15) is 34.2 Å². The van der Waals surface area contributed by atoms with Gasteiger partial charge in [-0.15, -0.1) is 0 Å². The first-order chi connectivity index (χ1) is 21.7. The lowest BCUT2D eigenvalue weighted by atomic mass is 9.51. The van der Waals surface area contributed by atoms with Crippen LogP contribution in [0.15, 0.2) is 54.6 Å². The molecule has 2 aliphatic carbocycles. The second-order valence-electron chi connectivity index (χ2n) is 14.3. The van der Waals surface area contributed by atoms with Crippen molar-refractivity contribution in [2.75, 3.05) is 0 Å². The number of rotatable bonds is 4. The first-order valence-electron chi connectivity index (χ1n) is 15.3. The number of esters is 4.